The fraction of sp³-hybridized carbons (Fsp3) is 0.111. The number of rotatable bonds is 2. The maximum Gasteiger partial charge on any atom is 0.287 e. The maximum atomic E-state index is 11.3. The Balaban J connectivity index is 2.06. The molecule has 1 fully saturated rings. The molecule has 1 heterocycles. The summed E-state index contributed by atoms with van der Waals surface area (Å²) in [6.07, 6.45) is 0. The predicted octanol–water partition coefficient (Wildman–Crippen LogP) is 2.74. The van der Waals surface area contributed by atoms with Gasteiger partial charge < -0.3 is 0 Å². The van der Waals surface area contributed by atoms with E-state index in [1.165, 1.54) is 11.8 Å². The number of carbonyl (C=O) groups excluding carboxylic acids is 2. The van der Waals surface area contributed by atoms with Crippen molar-refractivity contribution in [3.05, 3.63) is 29.3 Å². The van der Waals surface area contributed by atoms with Crippen molar-refractivity contribution < 1.29 is 9.59 Å². The van der Waals surface area contributed by atoms with Crippen LogP contribution in [-0.2, 0) is 4.79 Å². The van der Waals surface area contributed by atoms with E-state index in [1.807, 2.05) is 12.1 Å². The topological polar surface area (TPSA) is 46.2 Å². The minimum absolute atomic E-state index is 0.245. The highest BCUT2D eigenvalue weighted by atomic mass is 35.5. The van der Waals surface area contributed by atoms with Gasteiger partial charge in [0.1, 0.15) is 4.58 Å². The second-order valence-electron chi connectivity index (χ2n) is 2.80. The first-order valence-corrected chi connectivity index (χ1v) is 6.22. The molecule has 1 aromatic carbocycles. The minimum Gasteiger partial charge on any atom is -0.285 e. The summed E-state index contributed by atoms with van der Waals surface area (Å²) in [6.45, 7) is 0. The van der Waals surface area contributed by atoms with Crippen LogP contribution in [0.25, 0.3) is 0 Å². The minimum atomic E-state index is -0.390. The van der Waals surface area contributed by atoms with Crippen LogP contribution in [0, 0.1) is 0 Å². The smallest absolute Gasteiger partial charge is 0.285 e. The Kier molecular flexibility index (Phi) is 3.23. The molecule has 1 aromatic rings. The van der Waals surface area contributed by atoms with Crippen LogP contribution < -0.4 is 5.32 Å². The van der Waals surface area contributed by atoms with Gasteiger partial charge in [0.25, 0.3) is 11.1 Å². The van der Waals surface area contributed by atoms with Crippen LogP contribution in [0.4, 0.5) is 4.79 Å². The third kappa shape index (κ3) is 2.68. The average Bonchev–Trinajstić information content (AvgIpc) is 2.49. The van der Waals surface area contributed by atoms with Crippen molar-refractivity contribution in [3.8, 4) is 0 Å². The van der Waals surface area contributed by atoms with Crippen LogP contribution >= 0.6 is 35.1 Å². The van der Waals surface area contributed by atoms with Crippen LogP contribution in [-0.4, -0.2) is 15.7 Å². The Labute approximate surface area is 99.9 Å². The summed E-state index contributed by atoms with van der Waals surface area (Å²) in [5.41, 5.74) is 0. The highest BCUT2D eigenvalue weighted by Gasteiger charge is 2.32. The summed E-state index contributed by atoms with van der Waals surface area (Å²) in [5.74, 6) is -0.245. The van der Waals surface area contributed by atoms with E-state index < -0.39 is 4.58 Å². The normalized spacial score (nSPS) is 20.5. The van der Waals surface area contributed by atoms with E-state index in [0.29, 0.717) is 5.02 Å². The van der Waals surface area contributed by atoms with Gasteiger partial charge in [0.05, 0.1) is 0 Å². The molecule has 1 aliphatic rings. The molecule has 2 rings (SSSR count). The van der Waals surface area contributed by atoms with E-state index in [0.717, 1.165) is 16.7 Å². The molecule has 6 heteroatoms. The van der Waals surface area contributed by atoms with Crippen molar-refractivity contribution in [1.29, 1.82) is 0 Å². The van der Waals surface area contributed by atoms with Crippen LogP contribution in [0.2, 0.25) is 5.02 Å². The lowest BCUT2D eigenvalue weighted by molar-refractivity contribution is -0.117. The van der Waals surface area contributed by atoms with Crippen LogP contribution in [0.1, 0.15) is 0 Å². The van der Waals surface area contributed by atoms with Crippen molar-refractivity contribution in [2.24, 2.45) is 0 Å². The molecule has 1 atom stereocenters. The number of halogens is 1. The molecule has 0 saturated carbocycles. The zero-order valence-electron chi connectivity index (χ0n) is 7.40. The standard InChI is InChI=1S/C9H6ClNO2S2/c10-5-1-3-6(4-2-5)14-8-7(12)11-9(13)15-8/h1-4,8H,(H,11,12,13)/t8-/m1/s1. The third-order valence-corrected chi connectivity index (χ3v) is 4.26. The second-order valence-corrected chi connectivity index (χ2v) is 5.79. The first-order chi connectivity index (χ1) is 7.15. The van der Waals surface area contributed by atoms with Crippen molar-refractivity contribution in [2.45, 2.75) is 9.48 Å². The quantitative estimate of drug-likeness (QED) is 0.887. The predicted molar refractivity (Wildman–Crippen MR) is 62.2 cm³/mol. The van der Waals surface area contributed by atoms with Crippen molar-refractivity contribution in [3.63, 3.8) is 0 Å². The van der Waals surface area contributed by atoms with Crippen LogP contribution in [0.3, 0.4) is 0 Å². The number of hydrogen-bond donors (Lipinski definition) is 1. The average molecular weight is 260 g/mol. The zero-order valence-corrected chi connectivity index (χ0v) is 9.79. The van der Waals surface area contributed by atoms with Gasteiger partial charge in [-0.25, -0.2) is 0 Å². The molecule has 1 saturated heterocycles. The number of benzene rings is 1. The maximum absolute atomic E-state index is 11.3. The van der Waals surface area contributed by atoms with E-state index in [9.17, 15) is 9.59 Å². The summed E-state index contributed by atoms with van der Waals surface area (Å²) >= 11 is 8.08. The molecule has 0 aliphatic carbocycles. The molecule has 3 nitrogen and oxygen atoms in total. The van der Waals surface area contributed by atoms with Gasteiger partial charge in [-0.2, -0.15) is 0 Å². The molecule has 1 N–H and O–H groups in total. The summed E-state index contributed by atoms with van der Waals surface area (Å²) < 4.78 is -0.390. The van der Waals surface area contributed by atoms with E-state index >= 15 is 0 Å². The molecule has 0 radical (unpaired) electrons. The molecule has 0 unspecified atom stereocenters. The largest absolute Gasteiger partial charge is 0.287 e. The van der Waals surface area contributed by atoms with E-state index in [-0.39, 0.29) is 11.1 Å². The highest BCUT2D eigenvalue weighted by molar-refractivity contribution is 8.26. The third-order valence-electron chi connectivity index (χ3n) is 1.71. The number of carbonyl (C=O) groups is 2. The van der Waals surface area contributed by atoms with Gasteiger partial charge in [-0.3, -0.25) is 14.9 Å². The Hall–Kier alpha value is -0.650. The molecule has 1 aliphatic heterocycles. The summed E-state index contributed by atoms with van der Waals surface area (Å²) in [6, 6.07) is 7.15. The van der Waals surface area contributed by atoms with Gasteiger partial charge in [-0.15, -0.1) is 11.8 Å². The first kappa shape index (κ1) is 10.9. The molecule has 0 spiro atoms. The Morgan fingerprint density at radius 3 is 2.47 bits per heavy atom. The van der Waals surface area contributed by atoms with Crippen LogP contribution in [0.15, 0.2) is 29.2 Å². The van der Waals surface area contributed by atoms with Gasteiger partial charge >= 0.3 is 0 Å². The monoisotopic (exact) mass is 259 g/mol. The van der Waals surface area contributed by atoms with Gasteiger partial charge in [-0.1, -0.05) is 11.6 Å². The van der Waals surface area contributed by atoms with Crippen molar-refractivity contribution in [2.75, 3.05) is 0 Å². The number of thioether (sulfide) groups is 2. The molecule has 15 heavy (non-hydrogen) atoms. The zero-order chi connectivity index (χ0) is 10.8. The molecular weight excluding hydrogens is 254 g/mol. The Morgan fingerprint density at radius 1 is 1.27 bits per heavy atom. The summed E-state index contributed by atoms with van der Waals surface area (Å²) in [4.78, 5) is 23.1. The van der Waals surface area contributed by atoms with Gasteiger partial charge in [0.15, 0.2) is 0 Å². The molecule has 78 valence electrons. The van der Waals surface area contributed by atoms with E-state index in [4.69, 9.17) is 11.6 Å². The fourth-order valence-corrected chi connectivity index (χ4v) is 3.19. The summed E-state index contributed by atoms with van der Waals surface area (Å²) in [7, 11) is 0. The highest BCUT2D eigenvalue weighted by Crippen LogP contribution is 2.34. The van der Waals surface area contributed by atoms with E-state index in [1.54, 1.807) is 12.1 Å². The molecule has 0 aromatic heterocycles. The number of amides is 2. The lowest BCUT2D eigenvalue weighted by atomic mass is 10.4. The van der Waals surface area contributed by atoms with Crippen molar-refractivity contribution >= 4 is 46.3 Å². The van der Waals surface area contributed by atoms with Gasteiger partial charge in [0.2, 0.25) is 0 Å². The molecule has 2 amide bonds. The van der Waals surface area contributed by atoms with Gasteiger partial charge in [0, 0.05) is 9.92 Å². The Morgan fingerprint density at radius 2 is 1.93 bits per heavy atom. The second kappa shape index (κ2) is 4.47. The number of imide groups is 1. The fourth-order valence-electron chi connectivity index (χ4n) is 1.05. The summed E-state index contributed by atoms with van der Waals surface area (Å²) in [5, 5.41) is 2.60. The first-order valence-electron chi connectivity index (χ1n) is 4.09. The SMILES string of the molecule is O=C1NC(=O)[C@H](Sc2ccc(Cl)cc2)S1. The van der Waals surface area contributed by atoms with Gasteiger partial charge in [-0.05, 0) is 36.0 Å². The number of hydrogen-bond acceptors (Lipinski definition) is 4. The number of nitrogens with one attached hydrogen (secondary N) is 1. The lowest BCUT2D eigenvalue weighted by Gasteiger charge is -2.04. The van der Waals surface area contributed by atoms with E-state index in [2.05, 4.69) is 5.32 Å². The van der Waals surface area contributed by atoms with Crippen LogP contribution in [0.5, 0.6) is 0 Å². The lowest BCUT2D eigenvalue weighted by Crippen LogP contribution is -2.22. The Bertz CT molecular complexity index is 407. The molecule has 0 bridgehead atoms. The molecular formula is C9H6ClNO2S2. The van der Waals surface area contributed by atoms with Crippen molar-refractivity contribution in [1.82, 2.24) is 5.32 Å².